The van der Waals surface area contributed by atoms with Gasteiger partial charge in [0.1, 0.15) is 0 Å². The van der Waals surface area contributed by atoms with Crippen LogP contribution in [0.15, 0.2) is 41.3 Å². The van der Waals surface area contributed by atoms with E-state index in [1.807, 2.05) is 18.4 Å². The van der Waals surface area contributed by atoms with Crippen LogP contribution in [0.2, 0.25) is 5.02 Å². The molecule has 2 aromatic carbocycles. The van der Waals surface area contributed by atoms with Gasteiger partial charge in [-0.3, -0.25) is 5.84 Å². The third-order valence-electron chi connectivity index (χ3n) is 2.98. The number of hydrogen-bond donors (Lipinski definition) is 2. The standard InChI is InChI=1S/C14H13ClF2N2S/c1-20-9-4-2-8(3-5-9)14(19-18)12-10(15)6-7-11(16)13(12)17/h2-7,14,19H,18H2,1H3. The fourth-order valence-corrected chi connectivity index (χ4v) is 2.61. The highest BCUT2D eigenvalue weighted by Crippen LogP contribution is 2.32. The van der Waals surface area contributed by atoms with Crippen molar-refractivity contribution < 1.29 is 8.78 Å². The Bertz CT molecular complexity index is 605. The Morgan fingerprint density at radius 1 is 1.15 bits per heavy atom. The number of nitrogens with one attached hydrogen (secondary N) is 1. The summed E-state index contributed by atoms with van der Waals surface area (Å²) in [6, 6.07) is 8.97. The van der Waals surface area contributed by atoms with Crippen molar-refractivity contribution in [2.45, 2.75) is 10.9 Å². The first kappa shape index (κ1) is 15.3. The summed E-state index contributed by atoms with van der Waals surface area (Å²) in [7, 11) is 0. The highest BCUT2D eigenvalue weighted by molar-refractivity contribution is 7.98. The average molecular weight is 315 g/mol. The zero-order valence-corrected chi connectivity index (χ0v) is 12.2. The van der Waals surface area contributed by atoms with Crippen molar-refractivity contribution in [3.8, 4) is 0 Å². The smallest absolute Gasteiger partial charge is 0.165 e. The Balaban J connectivity index is 2.49. The minimum Gasteiger partial charge on any atom is -0.271 e. The van der Waals surface area contributed by atoms with Crippen LogP contribution in [-0.2, 0) is 0 Å². The van der Waals surface area contributed by atoms with E-state index in [0.717, 1.165) is 11.0 Å². The number of rotatable bonds is 4. The second-order valence-corrected chi connectivity index (χ2v) is 5.42. The maximum atomic E-state index is 14.0. The van der Waals surface area contributed by atoms with Gasteiger partial charge >= 0.3 is 0 Å². The Morgan fingerprint density at radius 3 is 2.35 bits per heavy atom. The molecule has 2 rings (SSSR count). The van der Waals surface area contributed by atoms with Crippen LogP contribution in [0, 0.1) is 11.6 Å². The van der Waals surface area contributed by atoms with Crippen LogP contribution < -0.4 is 11.3 Å². The van der Waals surface area contributed by atoms with Gasteiger partial charge in [-0.2, -0.15) is 0 Å². The first-order valence-electron chi connectivity index (χ1n) is 5.82. The van der Waals surface area contributed by atoms with Crippen molar-refractivity contribution >= 4 is 23.4 Å². The summed E-state index contributed by atoms with van der Waals surface area (Å²) in [6.45, 7) is 0. The van der Waals surface area contributed by atoms with Gasteiger partial charge in [0.05, 0.1) is 6.04 Å². The predicted octanol–water partition coefficient (Wildman–Crippen LogP) is 3.89. The van der Waals surface area contributed by atoms with Gasteiger partial charge in [-0.25, -0.2) is 14.2 Å². The van der Waals surface area contributed by atoms with Crippen LogP contribution in [0.3, 0.4) is 0 Å². The Morgan fingerprint density at radius 2 is 1.80 bits per heavy atom. The lowest BCUT2D eigenvalue weighted by molar-refractivity contribution is 0.483. The highest BCUT2D eigenvalue weighted by Gasteiger charge is 2.22. The second-order valence-electron chi connectivity index (χ2n) is 4.13. The van der Waals surface area contributed by atoms with Crippen LogP contribution in [-0.4, -0.2) is 6.26 Å². The molecule has 0 aliphatic heterocycles. The van der Waals surface area contributed by atoms with E-state index < -0.39 is 17.7 Å². The minimum absolute atomic E-state index is 0.00562. The molecule has 0 amide bonds. The van der Waals surface area contributed by atoms with Gasteiger partial charge in [0.25, 0.3) is 0 Å². The zero-order chi connectivity index (χ0) is 14.7. The molecule has 20 heavy (non-hydrogen) atoms. The second kappa shape index (κ2) is 6.54. The predicted molar refractivity (Wildman–Crippen MR) is 78.8 cm³/mol. The van der Waals surface area contributed by atoms with E-state index in [0.29, 0.717) is 5.56 Å². The molecular weight excluding hydrogens is 302 g/mol. The number of thioether (sulfide) groups is 1. The van der Waals surface area contributed by atoms with Crippen LogP contribution in [0.4, 0.5) is 8.78 Å². The number of benzene rings is 2. The molecule has 0 aromatic heterocycles. The van der Waals surface area contributed by atoms with Crippen LogP contribution in [0.5, 0.6) is 0 Å². The Hall–Kier alpha value is -1.14. The fourth-order valence-electron chi connectivity index (χ4n) is 1.95. The van der Waals surface area contributed by atoms with E-state index in [1.54, 1.807) is 23.9 Å². The molecule has 0 aliphatic rings. The molecule has 1 unspecified atom stereocenters. The molecule has 106 valence electrons. The summed E-state index contributed by atoms with van der Waals surface area (Å²) >= 11 is 7.57. The molecule has 2 aromatic rings. The van der Waals surface area contributed by atoms with E-state index in [9.17, 15) is 8.78 Å². The van der Waals surface area contributed by atoms with E-state index >= 15 is 0 Å². The Labute approximate surface area is 125 Å². The lowest BCUT2D eigenvalue weighted by atomic mass is 9.98. The molecule has 6 heteroatoms. The monoisotopic (exact) mass is 314 g/mol. The molecule has 0 saturated heterocycles. The summed E-state index contributed by atoms with van der Waals surface area (Å²) < 4.78 is 27.4. The van der Waals surface area contributed by atoms with Crippen molar-refractivity contribution in [2.24, 2.45) is 5.84 Å². The summed E-state index contributed by atoms with van der Waals surface area (Å²) in [5, 5.41) is 0.126. The maximum absolute atomic E-state index is 14.0. The van der Waals surface area contributed by atoms with Crippen molar-refractivity contribution in [1.82, 2.24) is 5.43 Å². The largest absolute Gasteiger partial charge is 0.271 e. The van der Waals surface area contributed by atoms with E-state index in [-0.39, 0.29) is 10.6 Å². The quantitative estimate of drug-likeness (QED) is 0.389. The molecule has 0 fully saturated rings. The van der Waals surface area contributed by atoms with Crippen LogP contribution >= 0.6 is 23.4 Å². The van der Waals surface area contributed by atoms with Crippen molar-refractivity contribution in [2.75, 3.05) is 6.26 Å². The molecule has 3 N–H and O–H groups in total. The van der Waals surface area contributed by atoms with Gasteiger partial charge in [-0.05, 0) is 36.1 Å². The summed E-state index contributed by atoms with van der Waals surface area (Å²) in [6.07, 6.45) is 1.96. The molecule has 0 bridgehead atoms. The Kier molecular flexibility index (Phi) is 4.99. The normalized spacial score (nSPS) is 12.4. The molecule has 0 saturated carbocycles. The third-order valence-corrected chi connectivity index (χ3v) is 4.06. The molecular formula is C14H13ClF2N2S. The van der Waals surface area contributed by atoms with Crippen molar-refractivity contribution in [3.63, 3.8) is 0 Å². The van der Waals surface area contributed by atoms with Crippen LogP contribution in [0.25, 0.3) is 0 Å². The van der Waals surface area contributed by atoms with Gasteiger partial charge in [0.2, 0.25) is 0 Å². The molecule has 1 atom stereocenters. The lowest BCUT2D eigenvalue weighted by Crippen LogP contribution is -2.30. The molecule has 0 heterocycles. The number of halogens is 3. The van der Waals surface area contributed by atoms with Gasteiger partial charge in [0, 0.05) is 15.5 Å². The van der Waals surface area contributed by atoms with Crippen molar-refractivity contribution in [1.29, 1.82) is 0 Å². The molecule has 2 nitrogen and oxygen atoms in total. The summed E-state index contributed by atoms with van der Waals surface area (Å²) in [4.78, 5) is 1.07. The first-order valence-corrected chi connectivity index (χ1v) is 7.42. The maximum Gasteiger partial charge on any atom is 0.165 e. The topological polar surface area (TPSA) is 38.0 Å². The third kappa shape index (κ3) is 2.96. The fraction of sp³-hybridized carbons (Fsp3) is 0.143. The zero-order valence-electron chi connectivity index (χ0n) is 10.7. The summed E-state index contributed by atoms with van der Waals surface area (Å²) in [5.74, 6) is 3.55. The van der Waals surface area contributed by atoms with E-state index in [4.69, 9.17) is 17.4 Å². The SMILES string of the molecule is CSc1ccc(C(NN)c2c(Cl)ccc(F)c2F)cc1. The average Bonchev–Trinajstić information content (AvgIpc) is 2.48. The molecule has 0 spiro atoms. The number of nitrogens with two attached hydrogens (primary N) is 1. The van der Waals surface area contributed by atoms with Gasteiger partial charge < -0.3 is 0 Å². The van der Waals surface area contributed by atoms with Gasteiger partial charge in [-0.1, -0.05) is 23.7 Å². The highest BCUT2D eigenvalue weighted by atomic mass is 35.5. The molecule has 0 aliphatic carbocycles. The number of hydrazine groups is 1. The first-order chi connectivity index (χ1) is 9.58. The van der Waals surface area contributed by atoms with Gasteiger partial charge in [0.15, 0.2) is 11.6 Å². The lowest BCUT2D eigenvalue weighted by Gasteiger charge is -2.19. The van der Waals surface area contributed by atoms with Crippen LogP contribution in [0.1, 0.15) is 17.2 Å². The molecule has 0 radical (unpaired) electrons. The van der Waals surface area contributed by atoms with E-state index in [2.05, 4.69) is 5.43 Å². The van der Waals surface area contributed by atoms with Crippen molar-refractivity contribution in [3.05, 3.63) is 64.2 Å². The number of hydrogen-bond acceptors (Lipinski definition) is 3. The summed E-state index contributed by atoms with van der Waals surface area (Å²) in [5.41, 5.74) is 3.19. The minimum atomic E-state index is -0.991. The van der Waals surface area contributed by atoms with E-state index in [1.165, 1.54) is 6.07 Å². The van der Waals surface area contributed by atoms with Gasteiger partial charge in [-0.15, -0.1) is 11.8 Å².